The van der Waals surface area contributed by atoms with Gasteiger partial charge in [-0.05, 0) is 30.2 Å². The molecule has 16 heavy (non-hydrogen) atoms. The summed E-state index contributed by atoms with van der Waals surface area (Å²) in [5.41, 5.74) is 7.87. The number of anilines is 2. The highest BCUT2D eigenvalue weighted by Gasteiger charge is 2.08. The van der Waals surface area contributed by atoms with Gasteiger partial charge in [-0.3, -0.25) is 4.79 Å². The molecule has 90 valence electrons. The molecule has 0 fully saturated rings. The second-order valence-corrected chi connectivity index (χ2v) is 3.02. The van der Waals surface area contributed by atoms with Crippen LogP contribution in [0.5, 0.6) is 0 Å². The lowest BCUT2D eigenvalue weighted by molar-refractivity contribution is -0.106. The summed E-state index contributed by atoms with van der Waals surface area (Å²) in [5.74, 6) is 0. The number of rotatable bonds is 1. The number of hydrogen-bond acceptors (Lipinski definition) is 4. The molecule has 1 amide bonds. The van der Waals surface area contributed by atoms with Gasteiger partial charge in [0.15, 0.2) is 0 Å². The monoisotopic (exact) mass is 241 g/mol. The summed E-state index contributed by atoms with van der Waals surface area (Å²) in [5, 5.41) is 3.30. The van der Waals surface area contributed by atoms with E-state index in [-0.39, 0.29) is 6.41 Å². The van der Waals surface area contributed by atoms with Crippen LogP contribution in [0.1, 0.15) is 19.4 Å². The molecule has 4 nitrogen and oxygen atoms in total. The van der Waals surface area contributed by atoms with E-state index < -0.39 is 0 Å². The Hall–Kier alpha value is -1.36. The zero-order valence-electron chi connectivity index (χ0n) is 9.66. The molecule has 4 N–H and O–H groups in total. The first-order valence-electron chi connectivity index (χ1n) is 5.24. The lowest BCUT2D eigenvalue weighted by Gasteiger charge is -2.02. The van der Waals surface area contributed by atoms with E-state index in [9.17, 15) is 0 Å². The Morgan fingerprint density at radius 2 is 2.12 bits per heavy atom. The Balaban J connectivity index is 0.000000394. The van der Waals surface area contributed by atoms with Gasteiger partial charge < -0.3 is 15.8 Å². The quantitative estimate of drug-likeness (QED) is 0.449. The van der Waals surface area contributed by atoms with Crippen molar-refractivity contribution in [3.8, 4) is 0 Å². The number of amides is 1. The molecule has 1 heterocycles. The van der Waals surface area contributed by atoms with E-state index in [0.717, 1.165) is 18.7 Å². The summed E-state index contributed by atoms with van der Waals surface area (Å²) in [7, 11) is 0. The van der Waals surface area contributed by atoms with Crippen molar-refractivity contribution in [3.63, 3.8) is 0 Å². The van der Waals surface area contributed by atoms with Crippen LogP contribution in [-0.2, 0) is 11.2 Å². The van der Waals surface area contributed by atoms with Gasteiger partial charge in [0.1, 0.15) is 0 Å². The molecule has 0 bridgehead atoms. The predicted octanol–water partition coefficient (Wildman–Crippen LogP) is 2.04. The largest absolute Gasteiger partial charge is 0.384 e. The van der Waals surface area contributed by atoms with Gasteiger partial charge in [-0.1, -0.05) is 26.7 Å². The second kappa shape index (κ2) is 8.91. The molecule has 0 atom stereocenters. The zero-order chi connectivity index (χ0) is 12.4. The highest BCUT2D eigenvalue weighted by atomic mass is 32.1. The van der Waals surface area contributed by atoms with E-state index >= 15 is 0 Å². The van der Waals surface area contributed by atoms with Crippen LogP contribution in [0.2, 0.25) is 0 Å². The fourth-order valence-corrected chi connectivity index (χ4v) is 1.51. The molecule has 1 aromatic carbocycles. The van der Waals surface area contributed by atoms with Crippen LogP contribution in [-0.4, -0.2) is 13.0 Å². The summed E-state index contributed by atoms with van der Waals surface area (Å²) in [4.78, 5) is 8.58. The number of thiol groups is 1. The minimum Gasteiger partial charge on any atom is -0.384 e. The third-order valence-corrected chi connectivity index (χ3v) is 2.20. The summed E-state index contributed by atoms with van der Waals surface area (Å²) < 4.78 is 2.82. The number of carbonyl (C=O) groups is 1. The maximum Gasteiger partial charge on any atom is 0.204 e. The Morgan fingerprint density at radius 3 is 2.69 bits per heavy atom. The van der Waals surface area contributed by atoms with Crippen LogP contribution < -0.4 is 15.8 Å². The van der Waals surface area contributed by atoms with Crippen LogP contribution in [0.3, 0.4) is 0 Å². The molecule has 1 aliphatic heterocycles. The molecule has 0 aliphatic carbocycles. The first-order chi connectivity index (χ1) is 7.81. The molecule has 0 spiro atoms. The van der Waals surface area contributed by atoms with E-state index in [1.54, 1.807) is 0 Å². The fourth-order valence-electron chi connectivity index (χ4n) is 1.37. The SMILES string of the molecule is CC.NC=O.SNc1ccc2c(c1)CCN2. The first-order valence-corrected chi connectivity index (χ1v) is 5.68. The number of benzene rings is 1. The number of fused-ring (bicyclic) bond motifs is 1. The lowest BCUT2D eigenvalue weighted by Crippen LogP contribution is -1.90. The Kier molecular flexibility index (Phi) is 8.15. The van der Waals surface area contributed by atoms with E-state index in [0.29, 0.717) is 0 Å². The molecule has 0 saturated heterocycles. The van der Waals surface area contributed by atoms with Crippen molar-refractivity contribution in [1.29, 1.82) is 0 Å². The van der Waals surface area contributed by atoms with Gasteiger partial charge in [-0.25, -0.2) is 0 Å². The van der Waals surface area contributed by atoms with Gasteiger partial charge >= 0.3 is 0 Å². The summed E-state index contributed by atoms with van der Waals surface area (Å²) >= 11 is 3.98. The number of nitrogens with one attached hydrogen (secondary N) is 2. The van der Waals surface area contributed by atoms with Gasteiger partial charge in [0.05, 0.1) is 0 Å². The molecule has 1 aliphatic rings. The van der Waals surface area contributed by atoms with Gasteiger partial charge in [-0.15, -0.1) is 0 Å². The van der Waals surface area contributed by atoms with Gasteiger partial charge in [0.25, 0.3) is 0 Å². The maximum atomic E-state index is 8.58. The van der Waals surface area contributed by atoms with Crippen molar-refractivity contribution in [2.45, 2.75) is 20.3 Å². The van der Waals surface area contributed by atoms with Crippen LogP contribution in [0.25, 0.3) is 0 Å². The second-order valence-electron chi connectivity index (χ2n) is 2.80. The number of hydrogen-bond donors (Lipinski definition) is 4. The molecule has 5 heteroatoms. The van der Waals surface area contributed by atoms with Crippen molar-refractivity contribution >= 4 is 30.6 Å². The number of nitrogens with two attached hydrogens (primary N) is 1. The third kappa shape index (κ3) is 4.44. The van der Waals surface area contributed by atoms with Crippen LogP contribution in [0, 0.1) is 0 Å². The smallest absolute Gasteiger partial charge is 0.204 e. The highest BCUT2D eigenvalue weighted by molar-refractivity contribution is 7.81. The van der Waals surface area contributed by atoms with Crippen molar-refractivity contribution in [2.75, 3.05) is 16.6 Å². The number of primary amides is 1. The normalized spacial score (nSPS) is 10.7. The molecule has 2 rings (SSSR count). The summed E-state index contributed by atoms with van der Waals surface area (Å²) in [6, 6.07) is 6.23. The fraction of sp³-hybridized carbons (Fsp3) is 0.364. The third-order valence-electron chi connectivity index (χ3n) is 1.94. The molecule has 0 saturated carbocycles. The molecular weight excluding hydrogens is 222 g/mol. The van der Waals surface area contributed by atoms with Crippen molar-refractivity contribution in [3.05, 3.63) is 23.8 Å². The average molecular weight is 241 g/mol. The first kappa shape index (κ1) is 14.6. The highest BCUT2D eigenvalue weighted by Crippen LogP contribution is 2.25. The minimum absolute atomic E-state index is 0.250. The average Bonchev–Trinajstić information content (AvgIpc) is 2.79. The van der Waals surface area contributed by atoms with E-state index in [2.05, 4.69) is 40.7 Å². The van der Waals surface area contributed by atoms with E-state index in [1.807, 2.05) is 19.9 Å². The Labute approximate surface area is 102 Å². The zero-order valence-corrected chi connectivity index (χ0v) is 10.6. The number of carbonyl (C=O) groups excluding carboxylic acids is 1. The minimum atomic E-state index is 0.250. The predicted molar refractivity (Wildman–Crippen MR) is 72.8 cm³/mol. The van der Waals surface area contributed by atoms with E-state index in [4.69, 9.17) is 4.79 Å². The molecule has 0 unspecified atom stereocenters. The van der Waals surface area contributed by atoms with Crippen molar-refractivity contribution in [2.24, 2.45) is 5.73 Å². The van der Waals surface area contributed by atoms with Gasteiger partial charge in [-0.2, -0.15) is 0 Å². The van der Waals surface area contributed by atoms with Crippen LogP contribution in [0.4, 0.5) is 11.4 Å². The van der Waals surface area contributed by atoms with Crippen LogP contribution in [0.15, 0.2) is 18.2 Å². The standard InChI is InChI=1S/C8H10N2S.C2H6.CH3NO/c11-10-7-1-2-8-6(5-7)3-4-9-8;1-2;2-1-3/h1-2,5,9-11H,3-4H2;1-2H3;1H,(H2,2,3). The Morgan fingerprint density at radius 1 is 1.50 bits per heavy atom. The summed E-state index contributed by atoms with van der Waals surface area (Å²) in [6.45, 7) is 5.06. The van der Waals surface area contributed by atoms with Crippen molar-refractivity contribution < 1.29 is 4.79 Å². The Bertz CT molecular complexity index is 318. The van der Waals surface area contributed by atoms with Crippen LogP contribution >= 0.6 is 12.8 Å². The molecule has 1 aromatic rings. The molecule has 0 radical (unpaired) electrons. The molecule has 0 aromatic heterocycles. The van der Waals surface area contributed by atoms with Crippen molar-refractivity contribution in [1.82, 2.24) is 0 Å². The lowest BCUT2D eigenvalue weighted by atomic mass is 10.1. The van der Waals surface area contributed by atoms with Gasteiger partial charge in [0, 0.05) is 17.9 Å². The van der Waals surface area contributed by atoms with E-state index in [1.165, 1.54) is 11.3 Å². The van der Waals surface area contributed by atoms with Gasteiger partial charge in [0.2, 0.25) is 6.41 Å². The topological polar surface area (TPSA) is 67.2 Å². The summed E-state index contributed by atoms with van der Waals surface area (Å²) in [6.07, 6.45) is 1.37. The maximum absolute atomic E-state index is 8.58. The molecular formula is C11H19N3OS.